The molecule has 1 fully saturated rings. The van der Waals surface area contributed by atoms with Crippen LogP contribution in [-0.4, -0.2) is 44.0 Å². The summed E-state index contributed by atoms with van der Waals surface area (Å²) in [6.45, 7) is 3.84. The maximum absolute atomic E-state index is 13.4. The molecule has 5 nitrogen and oxygen atoms in total. The second-order valence-corrected chi connectivity index (χ2v) is 6.23. The first-order valence-corrected chi connectivity index (χ1v) is 7.87. The monoisotopic (exact) mass is 287 g/mol. The summed E-state index contributed by atoms with van der Waals surface area (Å²) in [5.41, 5.74) is 0. The molecule has 1 heterocycles. The smallest absolute Gasteiger partial charge is 0.261 e. The minimum Gasteiger partial charge on any atom is -0.299 e. The quantitative estimate of drug-likeness (QED) is 0.812. The van der Waals surface area contributed by atoms with E-state index < -0.39 is 20.9 Å². The Bertz CT molecular complexity index is 532. The van der Waals surface area contributed by atoms with E-state index in [1.165, 1.54) is 25.1 Å². The van der Waals surface area contributed by atoms with Crippen molar-refractivity contribution in [2.75, 3.05) is 19.6 Å². The molecule has 0 radical (unpaired) electrons. The molecule has 1 aliphatic carbocycles. The second kappa shape index (κ2) is 5.94. The Hall–Kier alpha value is -1.05. The fourth-order valence-electron chi connectivity index (χ4n) is 2.00. The molecule has 19 heavy (non-hydrogen) atoms. The van der Waals surface area contributed by atoms with Crippen LogP contribution in [0.4, 0.5) is 4.39 Å². The van der Waals surface area contributed by atoms with Crippen LogP contribution in [0.5, 0.6) is 0 Å². The normalized spacial score (nSPS) is 15.9. The largest absolute Gasteiger partial charge is 0.299 e. The molecule has 0 bridgehead atoms. The van der Waals surface area contributed by atoms with Crippen molar-refractivity contribution in [2.24, 2.45) is 0 Å². The van der Waals surface area contributed by atoms with Gasteiger partial charge in [0.1, 0.15) is 0 Å². The first kappa shape index (κ1) is 14.4. The molecule has 0 saturated heterocycles. The van der Waals surface area contributed by atoms with Crippen molar-refractivity contribution in [1.82, 2.24) is 14.6 Å². The van der Waals surface area contributed by atoms with Crippen LogP contribution in [0.1, 0.15) is 19.8 Å². The number of pyridine rings is 1. The van der Waals surface area contributed by atoms with Crippen LogP contribution in [0.15, 0.2) is 23.4 Å². The van der Waals surface area contributed by atoms with Gasteiger partial charge in [-0.2, -0.15) is 0 Å². The molecule has 0 atom stereocenters. The molecule has 0 aliphatic heterocycles. The maximum Gasteiger partial charge on any atom is 0.261 e. The zero-order chi connectivity index (χ0) is 13.9. The Balaban J connectivity index is 1.92. The SMILES string of the molecule is CCN(CCNS(=O)(=O)c1ncccc1F)C1CC1. The molecule has 1 aromatic rings. The molecule has 1 aliphatic rings. The van der Waals surface area contributed by atoms with E-state index in [2.05, 4.69) is 14.6 Å². The van der Waals surface area contributed by atoms with Crippen molar-refractivity contribution < 1.29 is 12.8 Å². The van der Waals surface area contributed by atoms with E-state index >= 15 is 0 Å². The molecule has 1 N–H and O–H groups in total. The van der Waals surface area contributed by atoms with Crippen molar-refractivity contribution in [1.29, 1.82) is 0 Å². The van der Waals surface area contributed by atoms with E-state index in [4.69, 9.17) is 0 Å². The Kier molecular flexibility index (Phi) is 4.49. The maximum atomic E-state index is 13.4. The van der Waals surface area contributed by atoms with E-state index in [9.17, 15) is 12.8 Å². The number of halogens is 1. The lowest BCUT2D eigenvalue weighted by atomic mass is 10.4. The molecular formula is C12H18FN3O2S. The highest BCUT2D eigenvalue weighted by molar-refractivity contribution is 7.89. The third-order valence-corrected chi connectivity index (χ3v) is 4.53. The summed E-state index contributed by atoms with van der Waals surface area (Å²) in [7, 11) is -3.86. The van der Waals surface area contributed by atoms with Gasteiger partial charge in [-0.15, -0.1) is 0 Å². The van der Waals surface area contributed by atoms with Crippen molar-refractivity contribution in [2.45, 2.75) is 30.8 Å². The van der Waals surface area contributed by atoms with E-state index in [1.54, 1.807) is 0 Å². The van der Waals surface area contributed by atoms with Crippen LogP contribution in [0, 0.1) is 5.82 Å². The van der Waals surface area contributed by atoms with E-state index in [1.807, 2.05) is 6.92 Å². The molecule has 1 saturated carbocycles. The Morgan fingerprint density at radius 3 is 2.84 bits per heavy atom. The highest BCUT2D eigenvalue weighted by atomic mass is 32.2. The van der Waals surface area contributed by atoms with Crippen molar-refractivity contribution in [3.63, 3.8) is 0 Å². The van der Waals surface area contributed by atoms with Gasteiger partial charge in [-0.25, -0.2) is 22.5 Å². The number of hydrogen-bond donors (Lipinski definition) is 1. The molecule has 0 aromatic carbocycles. The highest BCUT2D eigenvalue weighted by Crippen LogP contribution is 2.25. The lowest BCUT2D eigenvalue weighted by Gasteiger charge is -2.19. The Morgan fingerprint density at radius 2 is 2.26 bits per heavy atom. The van der Waals surface area contributed by atoms with Crippen molar-refractivity contribution in [3.8, 4) is 0 Å². The summed E-state index contributed by atoms with van der Waals surface area (Å²) < 4.78 is 39.5. The van der Waals surface area contributed by atoms with Gasteiger partial charge in [-0.1, -0.05) is 6.92 Å². The minimum atomic E-state index is -3.86. The Labute approximate surface area is 112 Å². The second-order valence-electron chi connectivity index (χ2n) is 4.55. The standard InChI is InChI=1S/C12H18FN3O2S/c1-2-16(10-5-6-10)9-8-15-19(17,18)12-11(13)4-3-7-14-12/h3-4,7,10,15H,2,5-6,8-9H2,1H3. The van der Waals surface area contributed by atoms with Crippen LogP contribution in [0.25, 0.3) is 0 Å². The van der Waals surface area contributed by atoms with Gasteiger partial charge < -0.3 is 0 Å². The third-order valence-electron chi connectivity index (χ3n) is 3.14. The molecule has 2 rings (SSSR count). The average Bonchev–Trinajstić information content (AvgIpc) is 3.19. The van der Waals surface area contributed by atoms with Gasteiger partial charge in [0.25, 0.3) is 10.0 Å². The van der Waals surface area contributed by atoms with E-state index in [-0.39, 0.29) is 6.54 Å². The Morgan fingerprint density at radius 1 is 1.53 bits per heavy atom. The molecule has 7 heteroatoms. The van der Waals surface area contributed by atoms with Gasteiger partial charge in [0.05, 0.1) is 0 Å². The van der Waals surface area contributed by atoms with Gasteiger partial charge in [0.15, 0.2) is 5.82 Å². The van der Waals surface area contributed by atoms with E-state index in [0.717, 1.165) is 12.6 Å². The third kappa shape index (κ3) is 3.71. The average molecular weight is 287 g/mol. The molecular weight excluding hydrogens is 269 g/mol. The summed E-state index contributed by atoms with van der Waals surface area (Å²) in [5.74, 6) is -0.829. The molecule has 1 aromatic heterocycles. The van der Waals surface area contributed by atoms with Gasteiger partial charge >= 0.3 is 0 Å². The number of aromatic nitrogens is 1. The summed E-state index contributed by atoms with van der Waals surface area (Å²) in [4.78, 5) is 5.80. The molecule has 0 unspecified atom stereocenters. The van der Waals surface area contributed by atoms with Crippen LogP contribution < -0.4 is 4.72 Å². The predicted molar refractivity (Wildman–Crippen MR) is 69.7 cm³/mol. The lowest BCUT2D eigenvalue weighted by Crippen LogP contribution is -2.36. The fraction of sp³-hybridized carbons (Fsp3) is 0.583. The fourth-order valence-corrected chi connectivity index (χ4v) is 3.02. The van der Waals surface area contributed by atoms with E-state index in [0.29, 0.717) is 12.6 Å². The number of nitrogens with one attached hydrogen (secondary N) is 1. The molecule has 106 valence electrons. The minimum absolute atomic E-state index is 0.267. The van der Waals surface area contributed by atoms with Crippen LogP contribution >= 0.6 is 0 Å². The summed E-state index contributed by atoms with van der Waals surface area (Å²) >= 11 is 0. The number of rotatable bonds is 7. The number of likely N-dealkylation sites (N-methyl/N-ethyl adjacent to an activating group) is 1. The zero-order valence-electron chi connectivity index (χ0n) is 10.8. The van der Waals surface area contributed by atoms with Gasteiger partial charge in [-0.3, -0.25) is 4.90 Å². The number of sulfonamides is 1. The first-order valence-electron chi connectivity index (χ1n) is 6.39. The summed E-state index contributed by atoms with van der Waals surface area (Å²) in [5, 5.41) is -0.538. The van der Waals surface area contributed by atoms with Crippen LogP contribution in [-0.2, 0) is 10.0 Å². The lowest BCUT2D eigenvalue weighted by molar-refractivity contribution is 0.282. The van der Waals surface area contributed by atoms with Crippen molar-refractivity contribution in [3.05, 3.63) is 24.1 Å². The van der Waals surface area contributed by atoms with Crippen LogP contribution in [0.3, 0.4) is 0 Å². The highest BCUT2D eigenvalue weighted by Gasteiger charge is 2.28. The predicted octanol–water partition coefficient (Wildman–Crippen LogP) is 0.983. The van der Waals surface area contributed by atoms with Crippen molar-refractivity contribution >= 4 is 10.0 Å². The topological polar surface area (TPSA) is 62.3 Å². The summed E-state index contributed by atoms with van der Waals surface area (Å²) in [6.07, 6.45) is 3.62. The van der Waals surface area contributed by atoms with Gasteiger partial charge in [-0.05, 0) is 31.5 Å². The molecule has 0 amide bonds. The van der Waals surface area contributed by atoms with Crippen LogP contribution in [0.2, 0.25) is 0 Å². The van der Waals surface area contributed by atoms with Gasteiger partial charge in [0.2, 0.25) is 5.03 Å². The first-order chi connectivity index (χ1) is 9.04. The zero-order valence-corrected chi connectivity index (χ0v) is 11.7. The number of nitrogens with zero attached hydrogens (tertiary/aromatic N) is 2. The number of hydrogen-bond acceptors (Lipinski definition) is 4. The summed E-state index contributed by atoms with van der Waals surface area (Å²) in [6, 6.07) is 3.03. The molecule has 0 spiro atoms. The van der Waals surface area contributed by atoms with Gasteiger partial charge in [0, 0.05) is 25.3 Å².